The highest BCUT2D eigenvalue weighted by molar-refractivity contribution is 7.95. The van der Waals surface area contributed by atoms with E-state index in [1.54, 1.807) is 37.7 Å². The molecule has 0 radical (unpaired) electrons. The Morgan fingerprint density at radius 2 is 1.28 bits per heavy atom. The van der Waals surface area contributed by atoms with Crippen LogP contribution in [0, 0.1) is 13.8 Å². The van der Waals surface area contributed by atoms with E-state index in [2.05, 4.69) is 0 Å². The van der Waals surface area contributed by atoms with Crippen LogP contribution in [-0.2, 0) is 32.5 Å². The van der Waals surface area contributed by atoms with Gasteiger partial charge in [-0.15, -0.1) is 0 Å². The molecule has 0 spiro atoms. The molecule has 1 aliphatic heterocycles. The first-order chi connectivity index (χ1) is 18.4. The van der Waals surface area contributed by atoms with Crippen molar-refractivity contribution in [2.75, 3.05) is 27.2 Å². The van der Waals surface area contributed by atoms with Crippen LogP contribution in [0.2, 0.25) is 0 Å². The summed E-state index contributed by atoms with van der Waals surface area (Å²) >= 11 is 1.24. The van der Waals surface area contributed by atoms with Gasteiger partial charge in [-0.25, -0.2) is 0 Å². The van der Waals surface area contributed by atoms with Crippen LogP contribution in [0.25, 0.3) is 0 Å². The maximum atomic E-state index is 11.2. The average Bonchev–Trinajstić information content (AvgIpc) is 3.24. The van der Waals surface area contributed by atoms with Gasteiger partial charge in [0.25, 0.3) is 0 Å². The number of phenolic OH excluding ortho intramolecular Hbond substituents is 2. The van der Waals surface area contributed by atoms with Crippen LogP contribution in [0.3, 0.4) is 0 Å². The minimum Gasteiger partial charge on any atom is -0.507 e. The molecule has 0 aromatic heterocycles. The number of carboxylic acids is 2. The van der Waals surface area contributed by atoms with Crippen molar-refractivity contribution in [1.82, 2.24) is 9.80 Å². The number of aryl methyl sites for hydroxylation is 2. The number of carboxylic acid groups (broad SMARTS) is 2. The summed E-state index contributed by atoms with van der Waals surface area (Å²) < 4.78 is 6.56. The van der Waals surface area contributed by atoms with Crippen molar-refractivity contribution in [2.45, 2.75) is 37.4 Å². The maximum Gasteiger partial charge on any atom is 0.317 e. The number of aliphatic carboxylic acids is 2. The fourth-order valence-electron chi connectivity index (χ4n) is 5.06. The summed E-state index contributed by atoms with van der Waals surface area (Å²) in [5, 5.41) is 40.2. The number of rotatable bonds is 10. The lowest BCUT2D eigenvalue weighted by molar-refractivity contribution is -0.139. The summed E-state index contributed by atoms with van der Waals surface area (Å²) in [6, 6.07) is 15.2. The monoisotopic (exact) mass is 552 g/mol. The van der Waals surface area contributed by atoms with E-state index in [1.807, 2.05) is 48.5 Å². The van der Waals surface area contributed by atoms with Crippen LogP contribution < -0.4 is 0 Å². The molecule has 4 rings (SSSR count). The molecule has 0 saturated carbocycles. The van der Waals surface area contributed by atoms with Gasteiger partial charge in [-0.2, -0.15) is 0 Å². The number of benzene rings is 3. The second kappa shape index (κ2) is 11.3. The molecule has 9 nitrogen and oxygen atoms in total. The molecule has 206 valence electrons. The minimum atomic E-state index is -1.11. The lowest BCUT2D eigenvalue weighted by Crippen LogP contribution is -2.30. The highest BCUT2D eigenvalue weighted by Gasteiger charge is 2.46. The van der Waals surface area contributed by atoms with Crippen molar-refractivity contribution in [1.29, 1.82) is 0 Å². The SMILES string of the molecule is Cc1cc(C2(c3cc(C)c(O)c(CN(C)CC(=O)O)c3)OSc3ccccc32)cc(CN(C)CC(=O)O)c1O. The van der Waals surface area contributed by atoms with Gasteiger partial charge in [0.1, 0.15) is 11.5 Å². The second-order valence-corrected chi connectivity index (χ2v) is 10.9. The van der Waals surface area contributed by atoms with E-state index in [0.29, 0.717) is 22.3 Å². The molecule has 1 aliphatic rings. The fraction of sp³-hybridized carbons (Fsp3) is 0.310. The summed E-state index contributed by atoms with van der Waals surface area (Å²) in [5.74, 6) is -1.76. The number of likely N-dealkylation sites (N-methyl/N-ethyl adjacent to an activating group) is 2. The third-order valence-electron chi connectivity index (χ3n) is 6.79. The number of phenols is 2. The normalized spacial score (nSPS) is 14.1. The van der Waals surface area contributed by atoms with Crippen LogP contribution in [0.4, 0.5) is 0 Å². The van der Waals surface area contributed by atoms with E-state index in [-0.39, 0.29) is 37.7 Å². The predicted molar refractivity (Wildman–Crippen MR) is 147 cm³/mol. The van der Waals surface area contributed by atoms with E-state index in [0.717, 1.165) is 21.6 Å². The Labute approximate surface area is 231 Å². The molecule has 1 heterocycles. The Hall–Kier alpha value is -3.57. The zero-order valence-electron chi connectivity index (χ0n) is 22.3. The topological polar surface area (TPSA) is 131 Å². The van der Waals surface area contributed by atoms with Crippen LogP contribution in [-0.4, -0.2) is 69.3 Å². The zero-order chi connectivity index (χ0) is 28.5. The molecule has 0 aliphatic carbocycles. The molecular weight excluding hydrogens is 520 g/mol. The first-order valence-corrected chi connectivity index (χ1v) is 13.1. The number of hydrogen-bond acceptors (Lipinski definition) is 8. The largest absolute Gasteiger partial charge is 0.507 e. The van der Waals surface area contributed by atoms with Gasteiger partial charge in [0.2, 0.25) is 0 Å². The van der Waals surface area contributed by atoms with Gasteiger partial charge < -0.3 is 20.4 Å². The van der Waals surface area contributed by atoms with Crippen molar-refractivity contribution in [3.05, 3.63) is 87.5 Å². The first kappa shape index (κ1) is 28.4. The molecule has 3 aromatic rings. The Morgan fingerprint density at radius 3 is 1.74 bits per heavy atom. The molecule has 0 bridgehead atoms. The van der Waals surface area contributed by atoms with Gasteiger partial charge >= 0.3 is 11.9 Å². The molecule has 0 saturated heterocycles. The van der Waals surface area contributed by atoms with Crippen LogP contribution in [0.15, 0.2) is 53.4 Å². The molecule has 4 N–H and O–H groups in total. The Balaban J connectivity index is 1.91. The van der Waals surface area contributed by atoms with Gasteiger partial charge in [0, 0.05) is 46.7 Å². The molecule has 0 fully saturated rings. The summed E-state index contributed by atoms with van der Waals surface area (Å²) in [7, 11) is 3.34. The maximum absolute atomic E-state index is 11.2. The van der Waals surface area contributed by atoms with Crippen LogP contribution in [0.1, 0.15) is 38.9 Å². The summed E-state index contributed by atoms with van der Waals surface area (Å²) in [6.45, 7) is 3.61. The third-order valence-corrected chi connectivity index (χ3v) is 7.65. The van der Waals surface area contributed by atoms with E-state index in [1.165, 1.54) is 12.0 Å². The Morgan fingerprint density at radius 1 is 0.821 bits per heavy atom. The molecule has 0 atom stereocenters. The second-order valence-electron chi connectivity index (χ2n) is 10.1. The number of carbonyl (C=O) groups is 2. The van der Waals surface area contributed by atoms with Gasteiger partial charge in [0.15, 0.2) is 5.60 Å². The average molecular weight is 553 g/mol. The smallest absolute Gasteiger partial charge is 0.317 e. The van der Waals surface area contributed by atoms with Gasteiger partial charge in [-0.05, 0) is 80.5 Å². The van der Waals surface area contributed by atoms with E-state index in [9.17, 15) is 30.0 Å². The summed E-state index contributed by atoms with van der Waals surface area (Å²) in [6.07, 6.45) is 0. The molecule has 39 heavy (non-hydrogen) atoms. The van der Waals surface area contributed by atoms with E-state index < -0.39 is 17.5 Å². The van der Waals surface area contributed by atoms with Crippen molar-refractivity contribution in [3.63, 3.8) is 0 Å². The third kappa shape index (κ3) is 5.74. The molecular formula is C29H32N2O7S. The van der Waals surface area contributed by atoms with Gasteiger partial charge in [0.05, 0.1) is 13.1 Å². The number of aromatic hydroxyl groups is 2. The predicted octanol–water partition coefficient (Wildman–Crippen LogP) is 4.08. The highest BCUT2D eigenvalue weighted by atomic mass is 32.2. The lowest BCUT2D eigenvalue weighted by Gasteiger charge is -2.32. The summed E-state index contributed by atoms with van der Waals surface area (Å²) in [5.41, 5.74) is 3.60. The van der Waals surface area contributed by atoms with Crippen molar-refractivity contribution < 1.29 is 34.2 Å². The Kier molecular flexibility index (Phi) is 8.22. The summed E-state index contributed by atoms with van der Waals surface area (Å²) in [4.78, 5) is 26.6. The van der Waals surface area contributed by atoms with E-state index in [4.69, 9.17) is 4.18 Å². The van der Waals surface area contributed by atoms with E-state index >= 15 is 0 Å². The fourth-order valence-corrected chi connectivity index (χ4v) is 6.00. The molecule has 0 amide bonds. The van der Waals surface area contributed by atoms with Crippen molar-refractivity contribution in [3.8, 4) is 11.5 Å². The molecule has 10 heteroatoms. The molecule has 0 unspecified atom stereocenters. The van der Waals surface area contributed by atoms with Crippen LogP contribution >= 0.6 is 12.0 Å². The standard InChI is InChI=1S/C29H32N2O7S/c1-17-9-21(11-19(27(17)36)13-30(3)15-25(32)33)29(23-7-5-6-8-24(23)39-38-29)22-10-18(2)28(37)20(12-22)14-31(4)16-26(34)35/h5-12,36-37H,13-16H2,1-4H3,(H,32,33)(H,34,35). The number of nitrogens with zero attached hydrogens (tertiary/aromatic N) is 2. The lowest BCUT2D eigenvalue weighted by atomic mass is 9.78. The molecule has 3 aromatic carbocycles. The van der Waals surface area contributed by atoms with Gasteiger partial charge in [-0.1, -0.05) is 18.2 Å². The Bertz CT molecular complexity index is 1350. The quantitative estimate of drug-likeness (QED) is 0.273. The van der Waals surface area contributed by atoms with Crippen molar-refractivity contribution in [2.24, 2.45) is 0 Å². The minimum absolute atomic E-state index is 0.0861. The first-order valence-electron chi connectivity index (χ1n) is 12.3. The number of fused-ring (bicyclic) bond motifs is 1. The van der Waals surface area contributed by atoms with Crippen molar-refractivity contribution >= 4 is 24.0 Å². The zero-order valence-corrected chi connectivity index (χ0v) is 23.1. The van der Waals surface area contributed by atoms with Crippen LogP contribution in [0.5, 0.6) is 11.5 Å². The highest BCUT2D eigenvalue weighted by Crippen LogP contribution is 2.54. The number of hydrogen-bond donors (Lipinski definition) is 4. The van der Waals surface area contributed by atoms with Gasteiger partial charge in [-0.3, -0.25) is 23.6 Å².